The molecule has 2 fully saturated rings. The van der Waals surface area contributed by atoms with E-state index in [0.29, 0.717) is 31.7 Å². The van der Waals surface area contributed by atoms with Gasteiger partial charge >= 0.3 is 0 Å². The minimum absolute atomic E-state index is 0.157. The summed E-state index contributed by atoms with van der Waals surface area (Å²) in [6.45, 7) is 6.34. The lowest BCUT2D eigenvalue weighted by Crippen LogP contribution is -2.52. The van der Waals surface area contributed by atoms with Crippen LogP contribution in [0.3, 0.4) is 0 Å². The van der Waals surface area contributed by atoms with Crippen LogP contribution in [0, 0.1) is 17.3 Å². The molecule has 2 aliphatic rings. The maximum atomic E-state index is 12.6. The van der Waals surface area contributed by atoms with Gasteiger partial charge in [0.2, 0.25) is 5.91 Å². The summed E-state index contributed by atoms with van der Waals surface area (Å²) < 4.78 is 5.36. The molecule has 3 atom stereocenters. The molecule has 0 aromatic carbocycles. The van der Waals surface area contributed by atoms with Gasteiger partial charge in [-0.1, -0.05) is 13.8 Å². The zero-order chi connectivity index (χ0) is 13.9. The number of carbonyl (C=O) groups is 1. The molecule has 1 saturated carbocycles. The van der Waals surface area contributed by atoms with Gasteiger partial charge in [-0.15, -0.1) is 0 Å². The van der Waals surface area contributed by atoms with Crippen LogP contribution in [0.15, 0.2) is 0 Å². The van der Waals surface area contributed by atoms with Gasteiger partial charge in [-0.2, -0.15) is 0 Å². The van der Waals surface area contributed by atoms with Gasteiger partial charge < -0.3 is 15.8 Å². The van der Waals surface area contributed by atoms with Crippen molar-refractivity contribution < 1.29 is 9.53 Å². The lowest BCUT2D eigenvalue weighted by molar-refractivity contribution is -0.137. The average molecular weight is 268 g/mol. The highest BCUT2D eigenvalue weighted by molar-refractivity contribution is 5.83. The quantitative estimate of drug-likeness (QED) is 0.818. The molecule has 19 heavy (non-hydrogen) atoms. The highest BCUT2D eigenvalue weighted by Gasteiger charge is 2.40. The van der Waals surface area contributed by atoms with Gasteiger partial charge in [0.15, 0.2) is 0 Å². The first-order valence-electron chi connectivity index (χ1n) is 7.66. The van der Waals surface area contributed by atoms with Gasteiger partial charge in [-0.25, -0.2) is 0 Å². The lowest BCUT2D eigenvalue weighted by Gasteiger charge is -2.38. The number of amides is 1. The van der Waals surface area contributed by atoms with Gasteiger partial charge in [0, 0.05) is 25.8 Å². The topological polar surface area (TPSA) is 64.4 Å². The summed E-state index contributed by atoms with van der Waals surface area (Å²) in [5.74, 6) is 1.63. The van der Waals surface area contributed by atoms with E-state index in [1.54, 1.807) is 0 Å². The summed E-state index contributed by atoms with van der Waals surface area (Å²) in [5, 5.41) is 3.26. The Labute approximate surface area is 116 Å². The first-order valence-corrected chi connectivity index (χ1v) is 7.66. The van der Waals surface area contributed by atoms with E-state index in [2.05, 4.69) is 19.2 Å². The van der Waals surface area contributed by atoms with Gasteiger partial charge in [-0.3, -0.25) is 4.79 Å². The Hall–Kier alpha value is -0.610. The number of nitrogens with two attached hydrogens (primary N) is 1. The van der Waals surface area contributed by atoms with E-state index in [1.807, 2.05) is 0 Å². The van der Waals surface area contributed by atoms with Crippen LogP contribution in [0.2, 0.25) is 0 Å². The molecular formula is C15H28N2O2. The molecule has 1 saturated heterocycles. The summed E-state index contributed by atoms with van der Waals surface area (Å²) in [5.41, 5.74) is 5.49. The lowest BCUT2D eigenvalue weighted by atomic mass is 9.76. The Bertz CT molecular complexity index is 313. The van der Waals surface area contributed by atoms with E-state index in [-0.39, 0.29) is 11.3 Å². The van der Waals surface area contributed by atoms with Gasteiger partial charge in [0.25, 0.3) is 0 Å². The summed E-state index contributed by atoms with van der Waals surface area (Å²) in [6, 6.07) is 0.338. The fourth-order valence-corrected chi connectivity index (χ4v) is 3.30. The van der Waals surface area contributed by atoms with Crippen molar-refractivity contribution in [1.82, 2.24) is 5.32 Å². The zero-order valence-electron chi connectivity index (χ0n) is 12.3. The Balaban J connectivity index is 1.92. The van der Waals surface area contributed by atoms with Crippen molar-refractivity contribution in [3.05, 3.63) is 0 Å². The van der Waals surface area contributed by atoms with E-state index >= 15 is 0 Å². The van der Waals surface area contributed by atoms with Crippen molar-refractivity contribution in [3.63, 3.8) is 0 Å². The molecule has 2 rings (SSSR count). The largest absolute Gasteiger partial charge is 0.381 e. The molecule has 3 unspecified atom stereocenters. The Morgan fingerprint density at radius 3 is 2.53 bits per heavy atom. The van der Waals surface area contributed by atoms with E-state index in [1.165, 1.54) is 6.42 Å². The van der Waals surface area contributed by atoms with Crippen LogP contribution in [0.5, 0.6) is 0 Å². The molecule has 0 bridgehead atoms. The summed E-state index contributed by atoms with van der Waals surface area (Å²) in [6.07, 6.45) is 4.94. The second kappa shape index (κ2) is 6.23. The van der Waals surface area contributed by atoms with Crippen molar-refractivity contribution >= 4 is 5.91 Å². The van der Waals surface area contributed by atoms with Crippen molar-refractivity contribution in [3.8, 4) is 0 Å². The number of hydrogen-bond acceptors (Lipinski definition) is 3. The van der Waals surface area contributed by atoms with Crippen LogP contribution in [0.1, 0.15) is 46.0 Å². The van der Waals surface area contributed by atoms with Crippen LogP contribution in [0.4, 0.5) is 0 Å². The Morgan fingerprint density at radius 2 is 1.95 bits per heavy atom. The SMILES string of the molecule is CC1CCC(NC(=O)C2(CN)CCOCC2)CC1C. The molecule has 4 heteroatoms. The molecular weight excluding hydrogens is 240 g/mol. The first kappa shape index (κ1) is 14.8. The molecule has 1 amide bonds. The smallest absolute Gasteiger partial charge is 0.227 e. The van der Waals surface area contributed by atoms with E-state index < -0.39 is 0 Å². The minimum atomic E-state index is -0.384. The van der Waals surface area contributed by atoms with Gasteiger partial charge in [0.05, 0.1) is 5.41 Å². The van der Waals surface area contributed by atoms with E-state index in [9.17, 15) is 4.79 Å². The molecule has 4 nitrogen and oxygen atoms in total. The number of ether oxygens (including phenoxy) is 1. The molecule has 1 aliphatic carbocycles. The minimum Gasteiger partial charge on any atom is -0.381 e. The number of hydrogen-bond donors (Lipinski definition) is 2. The third-order valence-electron chi connectivity index (χ3n) is 5.26. The number of nitrogens with one attached hydrogen (secondary N) is 1. The second-order valence-corrected chi connectivity index (χ2v) is 6.53. The molecule has 0 aromatic rings. The fourth-order valence-electron chi connectivity index (χ4n) is 3.30. The van der Waals surface area contributed by atoms with Crippen LogP contribution in [-0.2, 0) is 9.53 Å². The van der Waals surface area contributed by atoms with Crippen molar-refractivity contribution in [2.24, 2.45) is 23.0 Å². The normalized spacial score (nSPS) is 34.8. The average Bonchev–Trinajstić information content (AvgIpc) is 2.43. The molecule has 110 valence electrons. The molecule has 0 aromatic heterocycles. The monoisotopic (exact) mass is 268 g/mol. The van der Waals surface area contributed by atoms with Gasteiger partial charge in [0.1, 0.15) is 0 Å². The third kappa shape index (κ3) is 3.29. The van der Waals surface area contributed by atoms with Crippen LogP contribution in [0.25, 0.3) is 0 Å². The van der Waals surface area contributed by atoms with Crippen molar-refractivity contribution in [2.75, 3.05) is 19.8 Å². The maximum absolute atomic E-state index is 12.6. The van der Waals surface area contributed by atoms with Crippen LogP contribution < -0.4 is 11.1 Å². The zero-order valence-corrected chi connectivity index (χ0v) is 12.3. The number of carbonyl (C=O) groups excluding carboxylic acids is 1. The predicted molar refractivity (Wildman–Crippen MR) is 75.7 cm³/mol. The van der Waals surface area contributed by atoms with E-state index in [4.69, 9.17) is 10.5 Å². The highest BCUT2D eigenvalue weighted by Crippen LogP contribution is 2.32. The fraction of sp³-hybridized carbons (Fsp3) is 0.933. The Kier molecular flexibility index (Phi) is 4.85. The van der Waals surface area contributed by atoms with Crippen molar-refractivity contribution in [2.45, 2.75) is 52.0 Å². The summed E-state index contributed by atoms with van der Waals surface area (Å²) in [7, 11) is 0. The summed E-state index contributed by atoms with van der Waals surface area (Å²) in [4.78, 5) is 12.6. The maximum Gasteiger partial charge on any atom is 0.227 e. The van der Waals surface area contributed by atoms with E-state index in [0.717, 1.165) is 31.6 Å². The van der Waals surface area contributed by atoms with Crippen LogP contribution in [-0.4, -0.2) is 31.7 Å². The standard InChI is InChI=1S/C15H28N2O2/c1-11-3-4-13(9-12(11)2)17-14(18)15(10-16)5-7-19-8-6-15/h11-13H,3-10,16H2,1-2H3,(H,17,18). The first-order chi connectivity index (χ1) is 9.07. The highest BCUT2D eigenvalue weighted by atomic mass is 16.5. The molecule has 3 N–H and O–H groups in total. The predicted octanol–water partition coefficient (Wildman–Crippen LogP) is 1.68. The molecule has 1 heterocycles. The Morgan fingerprint density at radius 1 is 1.26 bits per heavy atom. The van der Waals surface area contributed by atoms with Gasteiger partial charge in [-0.05, 0) is 43.9 Å². The summed E-state index contributed by atoms with van der Waals surface area (Å²) >= 11 is 0. The third-order valence-corrected chi connectivity index (χ3v) is 5.26. The number of rotatable bonds is 3. The van der Waals surface area contributed by atoms with Crippen molar-refractivity contribution in [1.29, 1.82) is 0 Å². The molecule has 0 radical (unpaired) electrons. The molecule has 0 spiro atoms. The molecule has 1 aliphatic heterocycles. The van der Waals surface area contributed by atoms with Crippen LogP contribution >= 0.6 is 0 Å². The second-order valence-electron chi connectivity index (χ2n) is 6.53.